The molecular weight excluding hydrogens is 390 g/mol. The van der Waals surface area contributed by atoms with E-state index in [4.69, 9.17) is 4.74 Å². The second kappa shape index (κ2) is 8.83. The highest BCUT2D eigenvalue weighted by atomic mass is 16.5. The Morgan fingerprint density at radius 1 is 0.968 bits per heavy atom. The number of amides is 2. The van der Waals surface area contributed by atoms with Gasteiger partial charge < -0.3 is 10.1 Å². The lowest BCUT2D eigenvalue weighted by Crippen LogP contribution is -2.32. The fraction of sp³-hybridized carbons (Fsp3) is 0.160. The maximum Gasteiger partial charge on any atom is 0.278 e. The molecule has 2 heterocycles. The second-order valence-corrected chi connectivity index (χ2v) is 7.22. The van der Waals surface area contributed by atoms with E-state index in [1.807, 2.05) is 44.2 Å². The molecule has 0 saturated carbocycles. The van der Waals surface area contributed by atoms with Crippen molar-refractivity contribution in [2.24, 2.45) is 0 Å². The van der Waals surface area contributed by atoms with Gasteiger partial charge in [-0.25, -0.2) is 0 Å². The summed E-state index contributed by atoms with van der Waals surface area (Å²) in [5.74, 6) is -0.0156. The first-order chi connectivity index (χ1) is 15.1. The summed E-state index contributed by atoms with van der Waals surface area (Å²) in [6, 6.07) is 20.3. The van der Waals surface area contributed by atoms with Gasteiger partial charge in [0.2, 0.25) is 0 Å². The first kappa shape index (κ1) is 20.3. The van der Waals surface area contributed by atoms with Crippen LogP contribution >= 0.6 is 0 Å². The van der Waals surface area contributed by atoms with Gasteiger partial charge in [0.25, 0.3) is 11.8 Å². The first-order valence-corrected chi connectivity index (χ1v) is 10.1. The molecule has 6 heteroatoms. The summed E-state index contributed by atoms with van der Waals surface area (Å²) in [5, 5.41) is 3.18. The standard InChI is InChI=1S/C25H23N3O3/c1-3-31-21-12-10-18(11-13-21)22-23(27-19-9-6-7-17(2)15-19)25(30)28(24(22)29)16-20-8-4-5-14-26-20/h4-15,27H,3,16H2,1-2H3. The number of ether oxygens (including phenoxy) is 1. The van der Waals surface area contributed by atoms with Crippen LogP contribution in [0.15, 0.2) is 78.6 Å². The van der Waals surface area contributed by atoms with Gasteiger partial charge in [0, 0.05) is 11.9 Å². The highest BCUT2D eigenvalue weighted by Gasteiger charge is 2.39. The zero-order chi connectivity index (χ0) is 21.8. The number of nitrogens with one attached hydrogen (secondary N) is 1. The third-order valence-corrected chi connectivity index (χ3v) is 4.96. The molecule has 0 unspecified atom stereocenters. The normalized spacial score (nSPS) is 13.7. The minimum absolute atomic E-state index is 0.109. The van der Waals surface area contributed by atoms with E-state index in [1.165, 1.54) is 4.90 Å². The Morgan fingerprint density at radius 3 is 2.45 bits per heavy atom. The molecule has 0 aliphatic carbocycles. The lowest BCUT2D eigenvalue weighted by molar-refractivity contribution is -0.137. The molecule has 1 aromatic heterocycles. The van der Waals surface area contributed by atoms with E-state index < -0.39 is 0 Å². The van der Waals surface area contributed by atoms with E-state index in [0.29, 0.717) is 29.2 Å². The molecule has 0 radical (unpaired) electrons. The lowest BCUT2D eigenvalue weighted by atomic mass is 10.0. The predicted octanol–water partition coefficient (Wildman–Crippen LogP) is 4.18. The summed E-state index contributed by atoms with van der Waals surface area (Å²) in [5.41, 5.74) is 3.70. The van der Waals surface area contributed by atoms with Crippen molar-refractivity contribution in [2.75, 3.05) is 11.9 Å². The van der Waals surface area contributed by atoms with Crippen LogP contribution < -0.4 is 10.1 Å². The molecule has 2 aromatic carbocycles. The highest BCUT2D eigenvalue weighted by molar-refractivity contribution is 6.36. The van der Waals surface area contributed by atoms with Gasteiger partial charge in [-0.05, 0) is 61.4 Å². The van der Waals surface area contributed by atoms with Crippen LogP contribution in [0.3, 0.4) is 0 Å². The molecule has 1 N–H and O–H groups in total. The molecular formula is C25H23N3O3. The number of imide groups is 1. The molecule has 0 saturated heterocycles. The quantitative estimate of drug-likeness (QED) is 0.589. The van der Waals surface area contributed by atoms with Gasteiger partial charge in [-0.3, -0.25) is 19.5 Å². The molecule has 3 aromatic rings. The Hall–Kier alpha value is -3.93. The Kier molecular flexibility index (Phi) is 5.80. The number of anilines is 1. The molecule has 31 heavy (non-hydrogen) atoms. The van der Waals surface area contributed by atoms with Crippen LogP contribution in [0.5, 0.6) is 5.75 Å². The molecule has 4 rings (SSSR count). The van der Waals surface area contributed by atoms with E-state index >= 15 is 0 Å². The second-order valence-electron chi connectivity index (χ2n) is 7.22. The van der Waals surface area contributed by atoms with Crippen LogP contribution in [0.1, 0.15) is 23.7 Å². The van der Waals surface area contributed by atoms with Crippen LogP contribution in [-0.4, -0.2) is 28.3 Å². The van der Waals surface area contributed by atoms with Gasteiger partial charge >= 0.3 is 0 Å². The third-order valence-electron chi connectivity index (χ3n) is 4.96. The SMILES string of the molecule is CCOc1ccc(C2=C(Nc3cccc(C)c3)C(=O)N(Cc3ccccn3)C2=O)cc1. The monoisotopic (exact) mass is 413 g/mol. The van der Waals surface area contributed by atoms with Crippen LogP contribution in [0.4, 0.5) is 5.69 Å². The van der Waals surface area contributed by atoms with Crippen molar-refractivity contribution in [2.45, 2.75) is 20.4 Å². The Balaban J connectivity index is 1.73. The molecule has 0 atom stereocenters. The molecule has 2 amide bonds. The number of aromatic nitrogens is 1. The summed E-state index contributed by atoms with van der Waals surface area (Å²) in [6.07, 6.45) is 1.65. The maximum absolute atomic E-state index is 13.3. The number of aryl methyl sites for hydroxylation is 1. The third kappa shape index (κ3) is 4.33. The van der Waals surface area contributed by atoms with Crippen LogP contribution in [0.2, 0.25) is 0 Å². The number of rotatable bonds is 7. The molecule has 156 valence electrons. The zero-order valence-corrected chi connectivity index (χ0v) is 17.5. The van der Waals surface area contributed by atoms with Crippen molar-refractivity contribution in [1.82, 2.24) is 9.88 Å². The van der Waals surface area contributed by atoms with Gasteiger partial charge in [-0.2, -0.15) is 0 Å². The van der Waals surface area contributed by atoms with Crippen molar-refractivity contribution in [3.63, 3.8) is 0 Å². The average molecular weight is 413 g/mol. The van der Waals surface area contributed by atoms with Gasteiger partial charge in [-0.1, -0.05) is 30.3 Å². The number of pyridine rings is 1. The molecule has 0 spiro atoms. The number of hydrogen-bond donors (Lipinski definition) is 1. The summed E-state index contributed by atoms with van der Waals surface area (Å²) in [7, 11) is 0. The van der Waals surface area contributed by atoms with E-state index in [9.17, 15) is 9.59 Å². The number of nitrogens with zero attached hydrogens (tertiary/aromatic N) is 2. The average Bonchev–Trinajstić information content (AvgIpc) is 3.00. The molecule has 0 fully saturated rings. The predicted molar refractivity (Wildman–Crippen MR) is 119 cm³/mol. The van der Waals surface area contributed by atoms with E-state index in [0.717, 1.165) is 11.3 Å². The van der Waals surface area contributed by atoms with E-state index in [-0.39, 0.29) is 24.1 Å². The minimum atomic E-state index is -0.374. The molecule has 1 aliphatic heterocycles. The Bertz CT molecular complexity index is 1140. The minimum Gasteiger partial charge on any atom is -0.494 e. The number of hydrogen-bond acceptors (Lipinski definition) is 5. The van der Waals surface area contributed by atoms with Crippen molar-refractivity contribution < 1.29 is 14.3 Å². The topological polar surface area (TPSA) is 71.5 Å². The molecule has 6 nitrogen and oxygen atoms in total. The lowest BCUT2D eigenvalue weighted by Gasteiger charge is -2.15. The van der Waals surface area contributed by atoms with Crippen molar-refractivity contribution >= 4 is 23.1 Å². The Morgan fingerprint density at radius 2 is 1.77 bits per heavy atom. The fourth-order valence-electron chi connectivity index (χ4n) is 3.51. The van der Waals surface area contributed by atoms with E-state index in [2.05, 4.69) is 10.3 Å². The summed E-state index contributed by atoms with van der Waals surface area (Å²) < 4.78 is 5.51. The van der Waals surface area contributed by atoms with Crippen LogP contribution in [-0.2, 0) is 16.1 Å². The maximum atomic E-state index is 13.3. The van der Waals surface area contributed by atoms with Crippen LogP contribution in [0, 0.1) is 6.92 Å². The number of carbonyl (C=O) groups is 2. The molecule has 1 aliphatic rings. The summed E-state index contributed by atoms with van der Waals surface area (Å²) in [6.45, 7) is 4.55. The number of benzene rings is 2. The van der Waals surface area contributed by atoms with Crippen molar-refractivity contribution in [3.8, 4) is 5.75 Å². The first-order valence-electron chi connectivity index (χ1n) is 10.1. The van der Waals surface area contributed by atoms with Crippen molar-refractivity contribution in [3.05, 3.63) is 95.4 Å². The Labute approximate surface area is 181 Å². The smallest absolute Gasteiger partial charge is 0.278 e. The van der Waals surface area contributed by atoms with Gasteiger partial charge in [-0.15, -0.1) is 0 Å². The molecule has 0 bridgehead atoms. The zero-order valence-electron chi connectivity index (χ0n) is 17.5. The van der Waals surface area contributed by atoms with Gasteiger partial charge in [0.1, 0.15) is 11.4 Å². The van der Waals surface area contributed by atoms with Gasteiger partial charge in [0.15, 0.2) is 0 Å². The summed E-state index contributed by atoms with van der Waals surface area (Å²) in [4.78, 5) is 32.1. The fourth-order valence-corrected chi connectivity index (χ4v) is 3.51. The van der Waals surface area contributed by atoms with Crippen molar-refractivity contribution in [1.29, 1.82) is 0 Å². The summed E-state index contributed by atoms with van der Waals surface area (Å²) >= 11 is 0. The van der Waals surface area contributed by atoms with E-state index in [1.54, 1.807) is 42.6 Å². The van der Waals surface area contributed by atoms with Crippen LogP contribution in [0.25, 0.3) is 5.57 Å². The highest BCUT2D eigenvalue weighted by Crippen LogP contribution is 2.32. The number of carbonyl (C=O) groups excluding carboxylic acids is 2. The van der Waals surface area contributed by atoms with Gasteiger partial charge in [0.05, 0.1) is 24.4 Å². The largest absolute Gasteiger partial charge is 0.494 e.